The molecule has 1 aromatic heterocycles. The number of hydrogen-bond acceptors (Lipinski definition) is 2. The van der Waals surface area contributed by atoms with Crippen molar-refractivity contribution in [2.75, 3.05) is 6.54 Å². The van der Waals surface area contributed by atoms with Gasteiger partial charge in [0.05, 0.1) is 0 Å². The maximum absolute atomic E-state index is 4.44. The molecule has 102 valence electrons. The Morgan fingerprint density at radius 3 is 2.78 bits per heavy atom. The van der Waals surface area contributed by atoms with Gasteiger partial charge >= 0.3 is 0 Å². The normalized spacial score (nSPS) is 13.1. The van der Waals surface area contributed by atoms with Gasteiger partial charge in [0.15, 0.2) is 0 Å². The van der Waals surface area contributed by atoms with Gasteiger partial charge in [-0.1, -0.05) is 13.0 Å². The number of aryl methyl sites for hydroxylation is 1. The summed E-state index contributed by atoms with van der Waals surface area (Å²) in [5.74, 6) is 1.10. The van der Waals surface area contributed by atoms with Crippen LogP contribution in [0.1, 0.15) is 53.3 Å². The predicted octanol–water partition coefficient (Wildman–Crippen LogP) is 3.47. The molecule has 0 fully saturated rings. The van der Waals surface area contributed by atoms with Crippen molar-refractivity contribution in [2.24, 2.45) is 0 Å². The Morgan fingerprint density at radius 2 is 2.17 bits per heavy atom. The van der Waals surface area contributed by atoms with E-state index in [0.29, 0.717) is 0 Å². The molecule has 0 amide bonds. The van der Waals surface area contributed by atoms with E-state index in [4.69, 9.17) is 0 Å². The van der Waals surface area contributed by atoms with E-state index < -0.39 is 0 Å². The highest BCUT2D eigenvalue weighted by molar-refractivity contribution is 5.57. The van der Waals surface area contributed by atoms with Crippen LogP contribution in [0.5, 0.6) is 0 Å². The molecule has 1 rings (SSSR count). The highest BCUT2D eigenvalue weighted by atomic mass is 15.1. The zero-order valence-corrected chi connectivity index (χ0v) is 12.5. The van der Waals surface area contributed by atoms with Crippen molar-refractivity contribution in [3.05, 3.63) is 24.3 Å². The quantitative estimate of drug-likeness (QED) is 0.782. The summed E-state index contributed by atoms with van der Waals surface area (Å²) in [6, 6.07) is 0. The Hall–Kier alpha value is -1.09. The second-order valence-corrected chi connectivity index (χ2v) is 5.80. The third-order valence-corrected chi connectivity index (χ3v) is 2.78. The molecule has 0 spiro atoms. The standard InChI is InChI=1S/C15H27N3/c1-6-11-18-12-10-16-14(18)13(2)8-7-9-17-15(3,4)5/h8,10,12,17H,6-7,9,11H2,1-5H3. The molecule has 0 aliphatic carbocycles. The second kappa shape index (κ2) is 6.74. The van der Waals surface area contributed by atoms with Crippen molar-refractivity contribution in [2.45, 2.75) is 59.5 Å². The summed E-state index contributed by atoms with van der Waals surface area (Å²) in [6.45, 7) is 13.0. The molecule has 3 heteroatoms. The molecule has 0 saturated heterocycles. The van der Waals surface area contributed by atoms with Crippen molar-refractivity contribution in [1.82, 2.24) is 14.9 Å². The molecule has 1 N–H and O–H groups in total. The molecule has 0 radical (unpaired) electrons. The van der Waals surface area contributed by atoms with Gasteiger partial charge in [0.2, 0.25) is 0 Å². The van der Waals surface area contributed by atoms with Crippen molar-refractivity contribution in [1.29, 1.82) is 0 Å². The fourth-order valence-electron chi connectivity index (χ4n) is 1.91. The van der Waals surface area contributed by atoms with Crippen LogP contribution < -0.4 is 5.32 Å². The largest absolute Gasteiger partial charge is 0.331 e. The Labute approximate surface area is 111 Å². The third-order valence-electron chi connectivity index (χ3n) is 2.78. The molecular weight excluding hydrogens is 222 g/mol. The van der Waals surface area contributed by atoms with Crippen LogP contribution >= 0.6 is 0 Å². The monoisotopic (exact) mass is 249 g/mol. The molecule has 0 bridgehead atoms. The molecule has 0 unspecified atom stereocenters. The summed E-state index contributed by atoms with van der Waals surface area (Å²) in [4.78, 5) is 4.44. The molecule has 0 saturated carbocycles. The van der Waals surface area contributed by atoms with Gasteiger partial charge in [0, 0.05) is 24.5 Å². The number of aromatic nitrogens is 2. The van der Waals surface area contributed by atoms with Gasteiger partial charge in [-0.3, -0.25) is 0 Å². The minimum Gasteiger partial charge on any atom is -0.331 e. The van der Waals surface area contributed by atoms with E-state index in [1.165, 1.54) is 5.57 Å². The summed E-state index contributed by atoms with van der Waals surface area (Å²) in [6.07, 6.45) is 8.40. The average Bonchev–Trinajstić information content (AvgIpc) is 2.71. The molecule has 3 nitrogen and oxygen atoms in total. The zero-order chi connectivity index (χ0) is 13.6. The lowest BCUT2D eigenvalue weighted by atomic mass is 10.1. The molecule has 0 aromatic carbocycles. The van der Waals surface area contributed by atoms with E-state index >= 15 is 0 Å². The second-order valence-electron chi connectivity index (χ2n) is 5.80. The molecule has 1 heterocycles. The fourth-order valence-corrected chi connectivity index (χ4v) is 1.91. The van der Waals surface area contributed by atoms with Crippen LogP contribution in [0.15, 0.2) is 18.5 Å². The van der Waals surface area contributed by atoms with Crippen LogP contribution in [0.2, 0.25) is 0 Å². The van der Waals surface area contributed by atoms with Gasteiger partial charge in [-0.05, 0) is 52.7 Å². The Bertz CT molecular complexity index is 383. The van der Waals surface area contributed by atoms with Crippen molar-refractivity contribution >= 4 is 5.57 Å². The maximum atomic E-state index is 4.44. The highest BCUT2D eigenvalue weighted by Crippen LogP contribution is 2.12. The summed E-state index contributed by atoms with van der Waals surface area (Å²) < 4.78 is 2.23. The minimum atomic E-state index is 0.197. The van der Waals surface area contributed by atoms with Gasteiger partial charge in [-0.25, -0.2) is 4.98 Å². The van der Waals surface area contributed by atoms with Crippen LogP contribution in [-0.2, 0) is 6.54 Å². The number of allylic oxidation sites excluding steroid dienone is 1. The SMILES string of the molecule is CCCn1ccnc1C(C)=CCCNC(C)(C)C. The van der Waals surface area contributed by atoms with Gasteiger partial charge in [0.1, 0.15) is 5.82 Å². The van der Waals surface area contributed by atoms with E-state index in [1.54, 1.807) is 0 Å². The summed E-state index contributed by atoms with van der Waals surface area (Å²) in [7, 11) is 0. The Kier molecular flexibility index (Phi) is 5.60. The first kappa shape index (κ1) is 15.0. The Morgan fingerprint density at radius 1 is 1.44 bits per heavy atom. The summed E-state index contributed by atoms with van der Waals surface area (Å²) in [5.41, 5.74) is 1.46. The van der Waals surface area contributed by atoms with Gasteiger partial charge < -0.3 is 9.88 Å². The first-order valence-electron chi connectivity index (χ1n) is 6.87. The number of hydrogen-bond donors (Lipinski definition) is 1. The van der Waals surface area contributed by atoms with E-state index in [-0.39, 0.29) is 5.54 Å². The van der Waals surface area contributed by atoms with Crippen LogP contribution in [0.3, 0.4) is 0 Å². The van der Waals surface area contributed by atoms with E-state index in [9.17, 15) is 0 Å². The smallest absolute Gasteiger partial charge is 0.135 e. The van der Waals surface area contributed by atoms with Crippen LogP contribution in [0.25, 0.3) is 5.57 Å². The third kappa shape index (κ3) is 5.05. The predicted molar refractivity (Wildman–Crippen MR) is 78.5 cm³/mol. The number of rotatable bonds is 6. The van der Waals surface area contributed by atoms with Crippen LogP contribution in [0.4, 0.5) is 0 Å². The molecule has 0 aliphatic heterocycles. The van der Waals surface area contributed by atoms with Gasteiger partial charge in [0.25, 0.3) is 0 Å². The van der Waals surface area contributed by atoms with E-state index in [0.717, 1.165) is 31.8 Å². The highest BCUT2D eigenvalue weighted by Gasteiger charge is 2.07. The number of imidazole rings is 1. The summed E-state index contributed by atoms with van der Waals surface area (Å²) >= 11 is 0. The molecule has 0 aliphatic rings. The maximum Gasteiger partial charge on any atom is 0.135 e. The molecule has 1 aromatic rings. The van der Waals surface area contributed by atoms with Crippen molar-refractivity contribution < 1.29 is 0 Å². The minimum absolute atomic E-state index is 0.197. The fraction of sp³-hybridized carbons (Fsp3) is 0.667. The zero-order valence-electron chi connectivity index (χ0n) is 12.5. The van der Waals surface area contributed by atoms with Crippen molar-refractivity contribution in [3.63, 3.8) is 0 Å². The van der Waals surface area contributed by atoms with Gasteiger partial charge in [-0.2, -0.15) is 0 Å². The van der Waals surface area contributed by atoms with Crippen LogP contribution in [0, 0.1) is 0 Å². The number of nitrogens with zero attached hydrogens (tertiary/aromatic N) is 2. The van der Waals surface area contributed by atoms with E-state index in [1.807, 2.05) is 6.20 Å². The molecule has 18 heavy (non-hydrogen) atoms. The lowest BCUT2D eigenvalue weighted by Crippen LogP contribution is -2.36. The van der Waals surface area contributed by atoms with E-state index in [2.05, 4.69) is 61.8 Å². The first-order chi connectivity index (χ1) is 8.44. The van der Waals surface area contributed by atoms with Gasteiger partial charge in [-0.15, -0.1) is 0 Å². The lowest BCUT2D eigenvalue weighted by molar-refractivity contribution is 0.431. The average molecular weight is 249 g/mol. The lowest BCUT2D eigenvalue weighted by Gasteiger charge is -2.19. The Balaban J connectivity index is 2.52. The number of nitrogens with one attached hydrogen (secondary N) is 1. The topological polar surface area (TPSA) is 29.9 Å². The molecule has 0 atom stereocenters. The molecular formula is C15H27N3. The first-order valence-corrected chi connectivity index (χ1v) is 6.87. The van der Waals surface area contributed by atoms with Crippen LogP contribution in [-0.4, -0.2) is 21.6 Å². The summed E-state index contributed by atoms with van der Waals surface area (Å²) in [5, 5.41) is 3.49. The van der Waals surface area contributed by atoms with Crippen molar-refractivity contribution in [3.8, 4) is 0 Å².